The van der Waals surface area contributed by atoms with Crippen molar-refractivity contribution in [3.8, 4) is 5.75 Å². The maximum Gasteiger partial charge on any atom is 0.125 e. The summed E-state index contributed by atoms with van der Waals surface area (Å²) in [4.78, 5) is 0. The molecule has 0 radical (unpaired) electrons. The lowest BCUT2D eigenvalue weighted by Crippen LogP contribution is -2.06. The van der Waals surface area contributed by atoms with Crippen LogP contribution in [0.5, 0.6) is 5.75 Å². The van der Waals surface area contributed by atoms with Crippen molar-refractivity contribution in [2.45, 2.75) is 19.9 Å². The molecule has 1 aromatic carbocycles. The summed E-state index contributed by atoms with van der Waals surface area (Å²) in [6, 6.07) is 4.12. The molecule has 70 valence electrons. The van der Waals surface area contributed by atoms with Gasteiger partial charge >= 0.3 is 0 Å². The first-order chi connectivity index (χ1) is 6.31. The molecule has 0 aromatic heterocycles. The second-order valence-corrected chi connectivity index (χ2v) is 3.33. The standard InChI is InChI=1S/C10H13NO2/c1-7-4-8(6-11-12)5-9-2-3-13-10(7)9/h4-5,11-12H,2-3,6H2,1H3. The fourth-order valence-corrected chi connectivity index (χ4v) is 1.78. The van der Waals surface area contributed by atoms with E-state index in [-0.39, 0.29) is 0 Å². The van der Waals surface area contributed by atoms with Crippen molar-refractivity contribution < 1.29 is 9.94 Å². The number of aryl methyl sites for hydroxylation is 1. The van der Waals surface area contributed by atoms with Crippen LogP contribution in [-0.4, -0.2) is 11.8 Å². The van der Waals surface area contributed by atoms with Crippen LogP contribution in [0.15, 0.2) is 12.1 Å². The highest BCUT2D eigenvalue weighted by Crippen LogP contribution is 2.30. The highest BCUT2D eigenvalue weighted by molar-refractivity contribution is 5.46. The van der Waals surface area contributed by atoms with Crippen LogP contribution >= 0.6 is 0 Å². The van der Waals surface area contributed by atoms with Crippen molar-refractivity contribution in [2.75, 3.05) is 6.61 Å². The molecule has 0 saturated heterocycles. The van der Waals surface area contributed by atoms with Crippen molar-refractivity contribution in [1.82, 2.24) is 5.48 Å². The third kappa shape index (κ3) is 1.53. The van der Waals surface area contributed by atoms with Gasteiger partial charge in [0.05, 0.1) is 6.61 Å². The van der Waals surface area contributed by atoms with Gasteiger partial charge in [-0.05, 0) is 23.6 Å². The molecule has 0 fully saturated rings. The van der Waals surface area contributed by atoms with E-state index in [2.05, 4.69) is 11.5 Å². The first-order valence-corrected chi connectivity index (χ1v) is 4.43. The van der Waals surface area contributed by atoms with Crippen molar-refractivity contribution in [1.29, 1.82) is 0 Å². The number of hydrogen-bond acceptors (Lipinski definition) is 3. The number of ether oxygens (including phenoxy) is 1. The Morgan fingerprint density at radius 1 is 1.54 bits per heavy atom. The Morgan fingerprint density at radius 2 is 2.38 bits per heavy atom. The van der Waals surface area contributed by atoms with Gasteiger partial charge in [-0.15, -0.1) is 0 Å². The van der Waals surface area contributed by atoms with Crippen molar-refractivity contribution >= 4 is 0 Å². The lowest BCUT2D eigenvalue weighted by Gasteiger charge is -2.06. The van der Waals surface area contributed by atoms with Gasteiger partial charge in [0, 0.05) is 13.0 Å². The summed E-state index contributed by atoms with van der Waals surface area (Å²) in [5.74, 6) is 1.03. The molecule has 0 amide bonds. The summed E-state index contributed by atoms with van der Waals surface area (Å²) in [5.41, 5.74) is 5.67. The maximum absolute atomic E-state index is 8.58. The first kappa shape index (κ1) is 8.53. The molecule has 0 unspecified atom stereocenters. The van der Waals surface area contributed by atoms with Crippen LogP contribution in [0.3, 0.4) is 0 Å². The van der Waals surface area contributed by atoms with Gasteiger partial charge in [0.15, 0.2) is 0 Å². The molecule has 2 N–H and O–H groups in total. The molecule has 1 heterocycles. The van der Waals surface area contributed by atoms with Gasteiger partial charge in [-0.1, -0.05) is 12.1 Å². The van der Waals surface area contributed by atoms with Crippen LogP contribution in [0.25, 0.3) is 0 Å². The van der Waals surface area contributed by atoms with Crippen LogP contribution in [-0.2, 0) is 13.0 Å². The van der Waals surface area contributed by atoms with E-state index in [4.69, 9.17) is 9.94 Å². The average molecular weight is 179 g/mol. The first-order valence-electron chi connectivity index (χ1n) is 4.43. The summed E-state index contributed by atoms with van der Waals surface area (Å²) in [7, 11) is 0. The molecule has 3 nitrogen and oxygen atoms in total. The molecule has 0 spiro atoms. The predicted molar refractivity (Wildman–Crippen MR) is 49.0 cm³/mol. The van der Waals surface area contributed by atoms with Gasteiger partial charge in [-0.2, -0.15) is 0 Å². The van der Waals surface area contributed by atoms with Gasteiger partial charge in [0.2, 0.25) is 0 Å². The topological polar surface area (TPSA) is 41.5 Å². The Bertz CT molecular complexity index is 323. The second-order valence-electron chi connectivity index (χ2n) is 3.33. The molecule has 13 heavy (non-hydrogen) atoms. The summed E-state index contributed by atoms with van der Waals surface area (Å²) >= 11 is 0. The van der Waals surface area contributed by atoms with E-state index < -0.39 is 0 Å². The number of rotatable bonds is 2. The third-order valence-corrected chi connectivity index (χ3v) is 2.31. The van der Waals surface area contributed by atoms with Crippen molar-refractivity contribution in [2.24, 2.45) is 0 Å². The van der Waals surface area contributed by atoms with Crippen LogP contribution in [0.1, 0.15) is 16.7 Å². The van der Waals surface area contributed by atoms with Crippen LogP contribution < -0.4 is 10.2 Å². The van der Waals surface area contributed by atoms with Gasteiger partial charge in [-0.3, -0.25) is 0 Å². The Hall–Kier alpha value is -1.06. The molecule has 0 atom stereocenters. The minimum atomic E-state index is 0.494. The number of fused-ring (bicyclic) bond motifs is 1. The number of hydrogen-bond donors (Lipinski definition) is 2. The summed E-state index contributed by atoms with van der Waals surface area (Å²) < 4.78 is 5.48. The van der Waals surface area contributed by atoms with E-state index in [1.807, 2.05) is 13.0 Å². The van der Waals surface area contributed by atoms with Crippen LogP contribution in [0.2, 0.25) is 0 Å². The Morgan fingerprint density at radius 3 is 3.15 bits per heavy atom. The summed E-state index contributed by atoms with van der Waals surface area (Å²) in [5, 5.41) is 8.58. The summed E-state index contributed by atoms with van der Waals surface area (Å²) in [6.07, 6.45) is 0.982. The number of nitrogens with one attached hydrogen (secondary N) is 1. The van der Waals surface area contributed by atoms with Gasteiger partial charge in [0.25, 0.3) is 0 Å². The molecule has 1 aliphatic heterocycles. The smallest absolute Gasteiger partial charge is 0.125 e. The van der Waals surface area contributed by atoms with Crippen LogP contribution in [0, 0.1) is 6.92 Å². The van der Waals surface area contributed by atoms with E-state index >= 15 is 0 Å². The largest absolute Gasteiger partial charge is 0.493 e. The fraction of sp³-hybridized carbons (Fsp3) is 0.400. The third-order valence-electron chi connectivity index (χ3n) is 2.31. The van der Waals surface area contributed by atoms with Gasteiger partial charge < -0.3 is 9.94 Å². The minimum Gasteiger partial charge on any atom is -0.493 e. The molecule has 1 aliphatic rings. The minimum absolute atomic E-state index is 0.494. The van der Waals surface area contributed by atoms with Crippen molar-refractivity contribution in [3.05, 3.63) is 28.8 Å². The van der Waals surface area contributed by atoms with E-state index in [0.29, 0.717) is 6.54 Å². The fourth-order valence-electron chi connectivity index (χ4n) is 1.78. The zero-order valence-corrected chi connectivity index (χ0v) is 7.63. The molecule has 0 saturated carbocycles. The highest BCUT2D eigenvalue weighted by atomic mass is 16.5. The number of benzene rings is 1. The summed E-state index contributed by atoms with van der Waals surface area (Å²) in [6.45, 7) is 3.31. The van der Waals surface area contributed by atoms with E-state index in [1.165, 1.54) is 5.56 Å². The monoisotopic (exact) mass is 179 g/mol. The molecule has 2 rings (SSSR count). The molecule has 0 aliphatic carbocycles. The molecular formula is C10H13NO2. The molecule has 0 bridgehead atoms. The lowest BCUT2D eigenvalue weighted by atomic mass is 10.0. The van der Waals surface area contributed by atoms with Gasteiger partial charge in [0.1, 0.15) is 5.75 Å². The number of hydroxylamine groups is 1. The lowest BCUT2D eigenvalue weighted by molar-refractivity contribution is 0.161. The Labute approximate surface area is 77.3 Å². The quantitative estimate of drug-likeness (QED) is 0.674. The SMILES string of the molecule is Cc1cc(CNO)cc2c1OCC2. The van der Waals surface area contributed by atoms with E-state index in [9.17, 15) is 0 Å². The Kier molecular flexibility index (Phi) is 2.20. The zero-order chi connectivity index (χ0) is 9.26. The average Bonchev–Trinajstić information content (AvgIpc) is 2.53. The molecule has 3 heteroatoms. The maximum atomic E-state index is 8.58. The van der Waals surface area contributed by atoms with Crippen LogP contribution in [0.4, 0.5) is 0 Å². The highest BCUT2D eigenvalue weighted by Gasteiger charge is 2.14. The Balaban J connectivity index is 2.37. The zero-order valence-electron chi connectivity index (χ0n) is 7.63. The molecular weight excluding hydrogens is 166 g/mol. The van der Waals surface area contributed by atoms with E-state index in [0.717, 1.165) is 29.9 Å². The normalized spacial score (nSPS) is 14.0. The van der Waals surface area contributed by atoms with Gasteiger partial charge in [-0.25, -0.2) is 5.48 Å². The van der Waals surface area contributed by atoms with Crippen molar-refractivity contribution in [3.63, 3.8) is 0 Å². The molecule has 1 aromatic rings. The van der Waals surface area contributed by atoms with E-state index in [1.54, 1.807) is 0 Å². The second kappa shape index (κ2) is 3.36. The predicted octanol–water partition coefficient (Wildman–Crippen LogP) is 1.41.